The molecule has 2 atom stereocenters. The van der Waals surface area contributed by atoms with Crippen LogP contribution in [0.3, 0.4) is 0 Å². The number of hydrogen-bond donors (Lipinski definition) is 1. The van der Waals surface area contributed by atoms with Gasteiger partial charge in [-0.15, -0.1) is 0 Å². The van der Waals surface area contributed by atoms with Crippen LogP contribution in [0.5, 0.6) is 0 Å². The van der Waals surface area contributed by atoms with Gasteiger partial charge in [-0.3, -0.25) is 4.79 Å². The first kappa shape index (κ1) is 17.9. The van der Waals surface area contributed by atoms with Crippen LogP contribution in [0.15, 0.2) is 18.5 Å². The number of pyridine rings is 1. The molecule has 1 fully saturated rings. The second-order valence-corrected chi connectivity index (χ2v) is 8.98. The van der Waals surface area contributed by atoms with E-state index in [1.807, 2.05) is 0 Å². The molecule has 1 amide bonds. The molecule has 0 spiro atoms. The average Bonchev–Trinajstić information content (AvgIpc) is 3.13. The molecule has 25 heavy (non-hydrogen) atoms. The van der Waals surface area contributed by atoms with Gasteiger partial charge < -0.3 is 9.45 Å². The summed E-state index contributed by atoms with van der Waals surface area (Å²) in [6.07, 6.45) is 2.12. The first-order valence-electron chi connectivity index (χ1n) is 7.96. The maximum absolute atomic E-state index is 15.0. The summed E-state index contributed by atoms with van der Waals surface area (Å²) in [4.78, 5) is 14.0. The van der Waals surface area contributed by atoms with Crippen LogP contribution in [0.2, 0.25) is 0 Å². The van der Waals surface area contributed by atoms with Crippen molar-refractivity contribution < 1.29 is 18.1 Å². The fraction of sp³-hybridized carbons (Fsp3) is 0.500. The molecule has 0 radical (unpaired) electrons. The van der Waals surface area contributed by atoms with Crippen molar-refractivity contribution in [3.63, 3.8) is 0 Å². The van der Waals surface area contributed by atoms with Gasteiger partial charge in [-0.2, -0.15) is 9.82 Å². The highest BCUT2D eigenvalue weighted by atomic mass is 32.2. The third-order valence-corrected chi connectivity index (χ3v) is 5.54. The predicted octanol–water partition coefficient (Wildman–Crippen LogP) is 2.21. The van der Waals surface area contributed by atoms with E-state index in [-0.39, 0.29) is 23.3 Å². The summed E-state index contributed by atoms with van der Waals surface area (Å²) in [5.41, 5.74) is 0.218. The highest BCUT2D eigenvalue weighted by Gasteiger charge is 2.31. The number of halogens is 2. The molecule has 1 aliphatic rings. The summed E-state index contributed by atoms with van der Waals surface area (Å²) in [7, 11) is 0. The maximum atomic E-state index is 15.0. The van der Waals surface area contributed by atoms with E-state index in [4.69, 9.17) is 0 Å². The lowest BCUT2D eigenvalue weighted by Crippen LogP contribution is -2.42. The molecule has 2 aromatic rings. The Kier molecular flexibility index (Phi) is 4.63. The number of aromatic nitrogens is 2. The van der Waals surface area contributed by atoms with Crippen LogP contribution in [0.4, 0.5) is 14.5 Å². The Morgan fingerprint density at radius 1 is 1.48 bits per heavy atom. The molecule has 2 unspecified atom stereocenters. The Morgan fingerprint density at radius 2 is 2.20 bits per heavy atom. The predicted molar refractivity (Wildman–Crippen MR) is 92.2 cm³/mol. The lowest BCUT2D eigenvalue weighted by molar-refractivity contribution is 0.0981. The van der Waals surface area contributed by atoms with Crippen LogP contribution >= 0.6 is 0 Å². The van der Waals surface area contributed by atoms with Crippen molar-refractivity contribution in [1.82, 2.24) is 14.3 Å². The monoisotopic (exact) mass is 370 g/mol. The van der Waals surface area contributed by atoms with Crippen LogP contribution in [-0.4, -0.2) is 44.1 Å². The number of amides is 1. The second-order valence-electron chi connectivity index (χ2n) is 7.01. The molecule has 1 aliphatic heterocycles. The van der Waals surface area contributed by atoms with Crippen molar-refractivity contribution in [3.8, 4) is 0 Å². The largest absolute Gasteiger partial charge is 0.593 e. The number of hydrogen-bond acceptors (Lipinski definition) is 4. The molecule has 1 saturated heterocycles. The molecule has 3 rings (SSSR count). The van der Waals surface area contributed by atoms with Crippen LogP contribution in [-0.2, 0) is 11.4 Å². The number of carbonyl (C=O) groups is 1. The Balaban J connectivity index is 1.95. The molecule has 0 aromatic carbocycles. The summed E-state index contributed by atoms with van der Waals surface area (Å²) >= 11 is -1.63. The van der Waals surface area contributed by atoms with E-state index in [1.54, 1.807) is 25.7 Å². The Bertz CT molecular complexity index is 805. The summed E-state index contributed by atoms with van der Waals surface area (Å²) in [5, 5.41) is 3.98. The van der Waals surface area contributed by atoms with Crippen LogP contribution in [0.25, 0.3) is 5.52 Å². The number of rotatable bonds is 3. The van der Waals surface area contributed by atoms with Gasteiger partial charge in [0, 0.05) is 19.3 Å². The molecule has 3 heterocycles. The van der Waals surface area contributed by atoms with E-state index >= 15 is 0 Å². The van der Waals surface area contributed by atoms with Gasteiger partial charge in [0.15, 0.2) is 5.82 Å². The molecule has 1 N–H and O–H groups in total. The molecule has 0 bridgehead atoms. The molecule has 2 aromatic heterocycles. The van der Waals surface area contributed by atoms with Crippen molar-refractivity contribution >= 4 is 28.5 Å². The van der Waals surface area contributed by atoms with Gasteiger partial charge in [0.25, 0.3) is 5.91 Å². The first-order valence-corrected chi connectivity index (χ1v) is 9.11. The molecule has 9 heteroatoms. The second kappa shape index (κ2) is 6.45. The van der Waals surface area contributed by atoms with Gasteiger partial charge in [-0.25, -0.2) is 13.3 Å². The van der Waals surface area contributed by atoms with Crippen LogP contribution in [0.1, 0.15) is 37.6 Å². The number of fused-ring (bicyclic) bond motifs is 1. The number of nitrogens with one attached hydrogen (secondary N) is 1. The zero-order valence-electron chi connectivity index (χ0n) is 14.3. The minimum Gasteiger partial charge on any atom is -0.593 e. The molecule has 6 nitrogen and oxygen atoms in total. The lowest BCUT2D eigenvalue weighted by atomic mass is 10.2. The lowest BCUT2D eigenvalue weighted by Gasteiger charge is -2.23. The van der Waals surface area contributed by atoms with Gasteiger partial charge >= 0.3 is 0 Å². The minimum absolute atomic E-state index is 0.00653. The van der Waals surface area contributed by atoms with Crippen LogP contribution < -0.4 is 9.62 Å². The highest BCUT2D eigenvalue weighted by molar-refractivity contribution is 7.91. The fourth-order valence-electron chi connectivity index (χ4n) is 2.67. The van der Waals surface area contributed by atoms with Crippen molar-refractivity contribution in [2.45, 2.75) is 38.1 Å². The molecular formula is C16H20F2N4O2S. The summed E-state index contributed by atoms with van der Waals surface area (Å²) < 4.78 is 43.5. The average molecular weight is 370 g/mol. The highest BCUT2D eigenvalue weighted by Crippen LogP contribution is 2.29. The van der Waals surface area contributed by atoms with E-state index in [9.17, 15) is 18.1 Å². The van der Waals surface area contributed by atoms with E-state index < -0.39 is 34.0 Å². The SMILES string of the molecule is CC(C)(C)[S+]([O-])NC(=O)c1cnn2ccc(N3CCC(F)C3)c(F)c12. The van der Waals surface area contributed by atoms with Crippen molar-refractivity contribution in [1.29, 1.82) is 0 Å². The number of carbonyl (C=O) groups excluding carboxylic acids is 1. The molecule has 0 aliphatic carbocycles. The number of alkyl halides is 1. The number of anilines is 1. The smallest absolute Gasteiger partial charge is 0.296 e. The van der Waals surface area contributed by atoms with E-state index in [0.29, 0.717) is 13.0 Å². The molecule has 136 valence electrons. The zero-order chi connectivity index (χ0) is 18.4. The zero-order valence-corrected chi connectivity index (χ0v) is 15.1. The van der Waals surface area contributed by atoms with Gasteiger partial charge in [0.2, 0.25) is 0 Å². The van der Waals surface area contributed by atoms with E-state index in [1.165, 1.54) is 23.0 Å². The Hall–Kier alpha value is -1.87. The molecule has 0 saturated carbocycles. The quantitative estimate of drug-likeness (QED) is 0.841. The topological polar surface area (TPSA) is 72.7 Å². The van der Waals surface area contributed by atoms with E-state index in [0.717, 1.165) is 0 Å². The Morgan fingerprint density at radius 3 is 2.80 bits per heavy atom. The third kappa shape index (κ3) is 3.43. The summed E-state index contributed by atoms with van der Waals surface area (Å²) in [6.45, 7) is 5.70. The van der Waals surface area contributed by atoms with Crippen molar-refractivity contribution in [2.75, 3.05) is 18.0 Å². The fourth-order valence-corrected chi connectivity index (χ4v) is 3.25. The third-order valence-electron chi connectivity index (χ3n) is 4.06. The van der Waals surface area contributed by atoms with Gasteiger partial charge in [-0.05, 0) is 33.3 Å². The summed E-state index contributed by atoms with van der Waals surface area (Å²) in [5.74, 6) is -1.30. The van der Waals surface area contributed by atoms with Gasteiger partial charge in [0.05, 0.1) is 28.8 Å². The van der Waals surface area contributed by atoms with Gasteiger partial charge in [-0.1, -0.05) is 0 Å². The van der Waals surface area contributed by atoms with Crippen molar-refractivity contribution in [2.24, 2.45) is 0 Å². The van der Waals surface area contributed by atoms with Crippen molar-refractivity contribution in [3.05, 3.63) is 29.8 Å². The molecular weight excluding hydrogens is 350 g/mol. The van der Waals surface area contributed by atoms with Crippen LogP contribution in [0, 0.1) is 5.82 Å². The van der Waals surface area contributed by atoms with Gasteiger partial charge in [0.1, 0.15) is 16.4 Å². The normalized spacial score (nSPS) is 19.4. The maximum Gasteiger partial charge on any atom is 0.296 e. The number of nitrogens with zero attached hydrogens (tertiary/aromatic N) is 3. The first-order chi connectivity index (χ1) is 11.7. The summed E-state index contributed by atoms with van der Waals surface area (Å²) in [6, 6.07) is 1.52. The minimum atomic E-state index is -1.63. The Labute approximate surface area is 147 Å². The standard InChI is InChI=1S/C16H20F2N4O2S/c1-16(2,3)25(24)20-15(23)11-8-19-22-7-5-12(13(18)14(11)22)21-6-4-10(17)9-21/h5,7-8,10H,4,6,9H2,1-3H3,(H,20,23). The van der Waals surface area contributed by atoms with E-state index in [2.05, 4.69) is 9.82 Å².